The topological polar surface area (TPSA) is 49.7 Å². The van der Waals surface area contributed by atoms with Gasteiger partial charge in [0.05, 0.1) is 0 Å². The molecule has 3 nitrogen and oxygen atoms in total. The molecule has 1 heterocycles. The molecule has 0 radical (unpaired) electrons. The van der Waals surface area contributed by atoms with Gasteiger partial charge in [0.1, 0.15) is 23.4 Å². The Morgan fingerprint density at radius 3 is 2.37 bits per heavy atom. The van der Waals surface area contributed by atoms with Gasteiger partial charge in [0.15, 0.2) is 0 Å². The Kier molecular flexibility index (Phi) is 2.67. The van der Waals surface area contributed by atoms with Crippen molar-refractivity contribution >= 4 is 5.57 Å². The molecule has 3 heteroatoms. The van der Waals surface area contributed by atoms with E-state index in [1.807, 2.05) is 31.2 Å². The number of hydrogen-bond acceptors (Lipinski definition) is 3. The molecule has 0 saturated carbocycles. The van der Waals surface area contributed by atoms with Crippen molar-refractivity contribution in [3.8, 4) is 17.2 Å². The molecule has 2 N–H and O–H groups in total. The Hall–Kier alpha value is -2.42. The minimum atomic E-state index is -0.199. The third-order valence-electron chi connectivity index (χ3n) is 3.27. The predicted molar refractivity (Wildman–Crippen MR) is 73.2 cm³/mol. The van der Waals surface area contributed by atoms with Crippen LogP contribution < -0.4 is 4.74 Å². The van der Waals surface area contributed by atoms with Crippen LogP contribution in [-0.4, -0.2) is 10.2 Å². The number of phenols is 2. The highest BCUT2D eigenvalue weighted by atomic mass is 16.5. The molecule has 2 aromatic carbocycles. The van der Waals surface area contributed by atoms with E-state index in [1.165, 1.54) is 0 Å². The van der Waals surface area contributed by atoms with E-state index >= 15 is 0 Å². The van der Waals surface area contributed by atoms with Crippen molar-refractivity contribution in [2.45, 2.75) is 13.0 Å². The Morgan fingerprint density at radius 1 is 0.947 bits per heavy atom. The zero-order chi connectivity index (χ0) is 13.4. The van der Waals surface area contributed by atoms with E-state index in [2.05, 4.69) is 0 Å². The summed E-state index contributed by atoms with van der Waals surface area (Å²) in [5.74, 6) is 1.11. The Bertz CT molecular complexity index is 642. The number of rotatable bonds is 1. The number of aromatic hydroxyl groups is 2. The van der Waals surface area contributed by atoms with Gasteiger partial charge in [-0.1, -0.05) is 12.1 Å². The van der Waals surface area contributed by atoms with Crippen LogP contribution in [0.25, 0.3) is 5.57 Å². The second-order valence-electron chi connectivity index (χ2n) is 4.66. The summed E-state index contributed by atoms with van der Waals surface area (Å²) in [6.07, 6.45) is 1.83. The van der Waals surface area contributed by atoms with E-state index < -0.39 is 0 Å². The molecule has 0 bridgehead atoms. The minimum Gasteiger partial charge on any atom is -0.508 e. The molecule has 2 aromatic rings. The lowest BCUT2D eigenvalue weighted by Crippen LogP contribution is -2.10. The first kappa shape index (κ1) is 11.7. The van der Waals surface area contributed by atoms with Crippen molar-refractivity contribution in [2.24, 2.45) is 0 Å². The summed E-state index contributed by atoms with van der Waals surface area (Å²) in [6.45, 7) is 2.02. The predicted octanol–water partition coefficient (Wildman–Crippen LogP) is 3.63. The van der Waals surface area contributed by atoms with Gasteiger partial charge in [-0.15, -0.1) is 0 Å². The highest BCUT2D eigenvalue weighted by Crippen LogP contribution is 2.38. The van der Waals surface area contributed by atoms with Crippen molar-refractivity contribution in [3.05, 3.63) is 59.7 Å². The molecule has 19 heavy (non-hydrogen) atoms. The van der Waals surface area contributed by atoms with Gasteiger partial charge in [0.2, 0.25) is 0 Å². The van der Waals surface area contributed by atoms with Crippen molar-refractivity contribution in [2.75, 3.05) is 0 Å². The zero-order valence-electron chi connectivity index (χ0n) is 10.5. The van der Waals surface area contributed by atoms with Gasteiger partial charge in [-0.05, 0) is 48.4 Å². The molecular weight excluding hydrogens is 240 g/mol. The summed E-state index contributed by atoms with van der Waals surface area (Å²) in [5, 5.41) is 18.8. The van der Waals surface area contributed by atoms with E-state index in [1.54, 1.807) is 24.3 Å². The van der Waals surface area contributed by atoms with Crippen LogP contribution in [0.4, 0.5) is 0 Å². The standard InChI is InChI=1S/C16H14O3/c1-10-8-15(11-2-4-12(17)5-3-11)19-16-9-13(18)6-7-14(10)16/h2-9,15,17-18H,1H3. The molecule has 1 unspecified atom stereocenters. The number of fused-ring (bicyclic) bond motifs is 1. The van der Waals surface area contributed by atoms with Crippen LogP contribution in [0, 0.1) is 0 Å². The lowest BCUT2D eigenvalue weighted by Gasteiger charge is -2.24. The van der Waals surface area contributed by atoms with Gasteiger partial charge in [-0.2, -0.15) is 0 Å². The van der Waals surface area contributed by atoms with Gasteiger partial charge in [-0.25, -0.2) is 0 Å². The maximum atomic E-state index is 9.54. The number of allylic oxidation sites excluding steroid dienone is 1. The monoisotopic (exact) mass is 254 g/mol. The maximum Gasteiger partial charge on any atom is 0.143 e. The van der Waals surface area contributed by atoms with E-state index in [-0.39, 0.29) is 17.6 Å². The Labute approximate surface area is 111 Å². The van der Waals surface area contributed by atoms with Crippen molar-refractivity contribution in [1.82, 2.24) is 0 Å². The fourth-order valence-electron chi connectivity index (χ4n) is 2.25. The highest BCUT2D eigenvalue weighted by molar-refractivity contribution is 5.72. The van der Waals surface area contributed by atoms with Crippen molar-refractivity contribution < 1.29 is 14.9 Å². The SMILES string of the molecule is CC1=CC(c2ccc(O)cc2)Oc2cc(O)ccc21. The van der Waals surface area contributed by atoms with E-state index in [9.17, 15) is 10.2 Å². The fraction of sp³-hybridized carbons (Fsp3) is 0.125. The molecule has 0 spiro atoms. The molecule has 1 aliphatic rings. The third-order valence-corrected chi connectivity index (χ3v) is 3.27. The normalized spacial score (nSPS) is 17.3. The Balaban J connectivity index is 2.00. The number of hydrogen-bond donors (Lipinski definition) is 2. The summed E-state index contributed by atoms with van der Waals surface area (Å²) >= 11 is 0. The quantitative estimate of drug-likeness (QED) is 0.817. The van der Waals surface area contributed by atoms with Crippen LogP contribution in [0.1, 0.15) is 24.2 Å². The van der Waals surface area contributed by atoms with Gasteiger partial charge >= 0.3 is 0 Å². The highest BCUT2D eigenvalue weighted by Gasteiger charge is 2.20. The first-order valence-electron chi connectivity index (χ1n) is 6.11. The smallest absolute Gasteiger partial charge is 0.143 e. The average Bonchev–Trinajstić information content (AvgIpc) is 2.38. The zero-order valence-corrected chi connectivity index (χ0v) is 10.5. The van der Waals surface area contributed by atoms with Crippen LogP contribution in [0.15, 0.2) is 48.5 Å². The van der Waals surface area contributed by atoms with Crippen LogP contribution >= 0.6 is 0 Å². The lowest BCUT2D eigenvalue weighted by atomic mass is 9.98. The van der Waals surface area contributed by atoms with Gasteiger partial charge < -0.3 is 14.9 Å². The van der Waals surface area contributed by atoms with Crippen LogP contribution in [-0.2, 0) is 0 Å². The molecule has 96 valence electrons. The summed E-state index contributed by atoms with van der Waals surface area (Å²) in [7, 11) is 0. The molecule has 1 aliphatic heterocycles. The van der Waals surface area contributed by atoms with Gasteiger partial charge in [0.25, 0.3) is 0 Å². The summed E-state index contributed by atoms with van der Waals surface area (Å²) < 4.78 is 5.89. The number of ether oxygens (including phenoxy) is 1. The van der Waals surface area contributed by atoms with Crippen LogP contribution in [0.3, 0.4) is 0 Å². The van der Waals surface area contributed by atoms with Crippen molar-refractivity contribution in [3.63, 3.8) is 0 Å². The molecule has 0 amide bonds. The molecule has 0 saturated heterocycles. The molecule has 1 atom stereocenters. The maximum absolute atomic E-state index is 9.54. The first-order valence-corrected chi connectivity index (χ1v) is 6.11. The van der Waals surface area contributed by atoms with E-state index in [4.69, 9.17) is 4.74 Å². The molecule has 0 aromatic heterocycles. The van der Waals surface area contributed by atoms with Gasteiger partial charge in [0, 0.05) is 11.6 Å². The van der Waals surface area contributed by atoms with Crippen LogP contribution in [0.5, 0.6) is 17.2 Å². The number of benzene rings is 2. The molecule has 0 aliphatic carbocycles. The van der Waals surface area contributed by atoms with Crippen molar-refractivity contribution in [1.29, 1.82) is 0 Å². The summed E-state index contributed by atoms with van der Waals surface area (Å²) in [5.41, 5.74) is 3.07. The average molecular weight is 254 g/mol. The minimum absolute atomic E-state index is 0.193. The second-order valence-corrected chi connectivity index (χ2v) is 4.66. The summed E-state index contributed by atoms with van der Waals surface area (Å²) in [4.78, 5) is 0. The first-order chi connectivity index (χ1) is 9.13. The molecular formula is C16H14O3. The molecule has 3 rings (SSSR count). The fourth-order valence-corrected chi connectivity index (χ4v) is 2.25. The second kappa shape index (κ2) is 4.35. The van der Waals surface area contributed by atoms with Gasteiger partial charge in [-0.3, -0.25) is 0 Å². The largest absolute Gasteiger partial charge is 0.508 e. The Morgan fingerprint density at radius 2 is 1.63 bits per heavy atom. The number of phenolic OH excluding ortho intramolecular Hbond substituents is 2. The van der Waals surface area contributed by atoms with Crippen LogP contribution in [0.2, 0.25) is 0 Å². The van der Waals surface area contributed by atoms with E-state index in [0.717, 1.165) is 16.7 Å². The summed E-state index contributed by atoms with van der Waals surface area (Å²) in [6, 6.07) is 12.1. The lowest BCUT2D eigenvalue weighted by molar-refractivity contribution is 0.249. The third kappa shape index (κ3) is 2.15. The molecule has 0 fully saturated rings. The van der Waals surface area contributed by atoms with E-state index in [0.29, 0.717) is 5.75 Å².